The van der Waals surface area contributed by atoms with Crippen LogP contribution in [0, 0.1) is 11.8 Å². The zero-order valence-corrected chi connectivity index (χ0v) is 17.8. The van der Waals surface area contributed by atoms with Crippen molar-refractivity contribution in [2.24, 2.45) is 11.8 Å². The molecule has 1 spiro atoms. The van der Waals surface area contributed by atoms with Crippen LogP contribution in [0.4, 0.5) is 0 Å². The maximum absolute atomic E-state index is 13.5. The highest BCUT2D eigenvalue weighted by Crippen LogP contribution is 2.59. The van der Waals surface area contributed by atoms with Crippen LogP contribution in [0.3, 0.4) is 0 Å². The third kappa shape index (κ3) is 3.44. The normalized spacial score (nSPS) is 34.8. The number of carbonyl (C=O) groups is 3. The topological polar surface area (TPSA) is 105 Å². The number of ether oxygens (including phenoxy) is 2. The van der Waals surface area contributed by atoms with E-state index in [0.29, 0.717) is 19.3 Å². The Morgan fingerprint density at radius 1 is 1.38 bits per heavy atom. The number of hydrogen-bond donors (Lipinski definition) is 2. The molecule has 3 fully saturated rings. The minimum Gasteiger partial charge on any atom is -0.466 e. The van der Waals surface area contributed by atoms with Crippen LogP contribution in [0.5, 0.6) is 0 Å². The second-order valence-electron chi connectivity index (χ2n) is 8.50. The number of hydrogen-bond acceptors (Lipinski definition) is 6. The number of fused-ring (bicyclic) bond motifs is 1. The summed E-state index contributed by atoms with van der Waals surface area (Å²) in [6.45, 7) is 7.58. The van der Waals surface area contributed by atoms with Gasteiger partial charge in [0.15, 0.2) is 0 Å². The van der Waals surface area contributed by atoms with Gasteiger partial charge in [-0.15, -0.1) is 0 Å². The largest absolute Gasteiger partial charge is 0.466 e. The molecule has 3 aliphatic rings. The maximum Gasteiger partial charge on any atom is 0.312 e. The fraction of sp³-hybridized carbons (Fsp3) is 0.857. The molecule has 3 heterocycles. The van der Waals surface area contributed by atoms with Gasteiger partial charge in [-0.3, -0.25) is 14.4 Å². The second kappa shape index (κ2) is 8.60. The summed E-state index contributed by atoms with van der Waals surface area (Å²) in [7, 11) is 0. The van der Waals surface area contributed by atoms with Gasteiger partial charge in [-0.05, 0) is 39.5 Å². The average Bonchev–Trinajstić information content (AvgIpc) is 3.31. The number of carbonyl (C=O) groups excluding carboxylic acids is 3. The second-order valence-corrected chi connectivity index (χ2v) is 8.50. The molecule has 164 valence electrons. The van der Waals surface area contributed by atoms with Crippen LogP contribution in [0.25, 0.3) is 0 Å². The molecule has 0 saturated carbocycles. The minimum atomic E-state index is -1.03. The summed E-state index contributed by atoms with van der Waals surface area (Å²) < 4.78 is 11.5. The molecule has 3 saturated heterocycles. The molecule has 0 aromatic carbocycles. The molecule has 0 aromatic heterocycles. The Hall–Kier alpha value is -1.67. The summed E-state index contributed by atoms with van der Waals surface area (Å²) in [5.74, 6) is -2.41. The lowest BCUT2D eigenvalue weighted by Gasteiger charge is -2.37. The number of amides is 2. The first-order valence-electron chi connectivity index (χ1n) is 10.9. The fourth-order valence-corrected chi connectivity index (χ4v) is 5.53. The van der Waals surface area contributed by atoms with E-state index in [1.165, 1.54) is 4.90 Å². The zero-order valence-electron chi connectivity index (χ0n) is 17.8. The Bertz CT molecular complexity index is 651. The molecule has 2 N–H and O–H groups in total. The predicted octanol–water partition coefficient (Wildman–Crippen LogP) is 1.000. The van der Waals surface area contributed by atoms with Crippen LogP contribution >= 0.6 is 0 Å². The summed E-state index contributed by atoms with van der Waals surface area (Å²) in [4.78, 5) is 41.0. The lowest BCUT2D eigenvalue weighted by molar-refractivity contribution is -0.155. The molecule has 0 aliphatic carbocycles. The fourth-order valence-electron chi connectivity index (χ4n) is 5.53. The predicted molar refractivity (Wildman–Crippen MR) is 105 cm³/mol. The molecule has 8 nitrogen and oxygen atoms in total. The van der Waals surface area contributed by atoms with Gasteiger partial charge in [0.25, 0.3) is 0 Å². The summed E-state index contributed by atoms with van der Waals surface area (Å²) >= 11 is 0. The monoisotopic (exact) mass is 410 g/mol. The zero-order chi connectivity index (χ0) is 21.3. The van der Waals surface area contributed by atoms with Crippen molar-refractivity contribution in [3.05, 3.63) is 0 Å². The quantitative estimate of drug-likeness (QED) is 0.550. The third-order valence-electron chi connectivity index (χ3n) is 6.73. The molecule has 29 heavy (non-hydrogen) atoms. The molecule has 3 unspecified atom stereocenters. The van der Waals surface area contributed by atoms with Crippen molar-refractivity contribution < 1.29 is 29.0 Å². The first-order chi connectivity index (χ1) is 13.9. The highest BCUT2D eigenvalue weighted by atomic mass is 16.6. The lowest BCUT2D eigenvalue weighted by Crippen LogP contribution is -2.58. The summed E-state index contributed by atoms with van der Waals surface area (Å²) in [6, 6.07) is -1.38. The van der Waals surface area contributed by atoms with E-state index in [9.17, 15) is 19.5 Å². The Labute approximate surface area is 172 Å². The first kappa shape index (κ1) is 22.0. The van der Waals surface area contributed by atoms with Crippen LogP contribution in [0.1, 0.15) is 59.8 Å². The molecule has 2 amide bonds. The van der Waals surface area contributed by atoms with Crippen molar-refractivity contribution in [3.8, 4) is 0 Å². The summed E-state index contributed by atoms with van der Waals surface area (Å²) in [5, 5.41) is 12.9. The molecule has 3 rings (SSSR count). The number of likely N-dealkylation sites (tertiary alicyclic amines) is 1. The highest BCUT2D eigenvalue weighted by Gasteiger charge is 2.75. The standard InChI is InChI=1S/C21H34N2O6/c1-5-8-12(4)22-18(25)17-21-10-9-14(29-21)15(20(27)28-7-3)16(21)19(26)23(17)13(6-2)11-24/h12-17,24H,5-11H2,1-4H3,(H,22,25)/t12?,13-,14-,15+,16-,17?,21?/m0/s1. The van der Waals surface area contributed by atoms with Crippen LogP contribution in [0.2, 0.25) is 0 Å². The smallest absolute Gasteiger partial charge is 0.312 e. The van der Waals surface area contributed by atoms with Crippen LogP contribution < -0.4 is 5.32 Å². The number of aliphatic hydroxyl groups is 1. The van der Waals surface area contributed by atoms with Crippen LogP contribution in [-0.2, 0) is 23.9 Å². The summed E-state index contributed by atoms with van der Waals surface area (Å²) in [6.07, 6.45) is 3.03. The Morgan fingerprint density at radius 2 is 2.10 bits per heavy atom. The van der Waals surface area contributed by atoms with Gasteiger partial charge in [0, 0.05) is 6.04 Å². The van der Waals surface area contributed by atoms with Crippen molar-refractivity contribution in [1.29, 1.82) is 0 Å². The number of nitrogens with zero attached hydrogens (tertiary/aromatic N) is 1. The molecular formula is C21H34N2O6. The van der Waals surface area contributed by atoms with E-state index in [2.05, 4.69) is 5.32 Å². The number of aliphatic hydroxyl groups excluding tert-OH is 1. The average molecular weight is 411 g/mol. The van der Waals surface area contributed by atoms with E-state index in [0.717, 1.165) is 12.8 Å². The van der Waals surface area contributed by atoms with E-state index in [-0.39, 0.29) is 31.1 Å². The van der Waals surface area contributed by atoms with Crippen molar-refractivity contribution in [2.45, 2.75) is 89.6 Å². The molecule has 7 atom stereocenters. The number of esters is 1. The van der Waals surface area contributed by atoms with Gasteiger partial charge in [-0.25, -0.2) is 0 Å². The Kier molecular flexibility index (Phi) is 6.53. The van der Waals surface area contributed by atoms with Gasteiger partial charge in [0.2, 0.25) is 11.8 Å². The Morgan fingerprint density at radius 3 is 2.69 bits per heavy atom. The maximum atomic E-state index is 13.5. The number of nitrogens with one attached hydrogen (secondary N) is 1. The lowest BCUT2D eigenvalue weighted by atomic mass is 9.70. The minimum absolute atomic E-state index is 0.0337. The van der Waals surface area contributed by atoms with Crippen LogP contribution in [-0.4, -0.2) is 70.8 Å². The summed E-state index contributed by atoms with van der Waals surface area (Å²) in [5.41, 5.74) is -1.03. The molecule has 8 heteroatoms. The Balaban J connectivity index is 1.99. The van der Waals surface area contributed by atoms with E-state index in [4.69, 9.17) is 9.47 Å². The van der Waals surface area contributed by atoms with Gasteiger partial charge >= 0.3 is 5.97 Å². The van der Waals surface area contributed by atoms with Gasteiger partial charge < -0.3 is 24.8 Å². The van der Waals surface area contributed by atoms with Crippen molar-refractivity contribution in [2.75, 3.05) is 13.2 Å². The van der Waals surface area contributed by atoms with Crippen LogP contribution in [0.15, 0.2) is 0 Å². The van der Waals surface area contributed by atoms with Gasteiger partial charge in [-0.2, -0.15) is 0 Å². The van der Waals surface area contributed by atoms with E-state index >= 15 is 0 Å². The molecular weight excluding hydrogens is 376 g/mol. The van der Waals surface area contributed by atoms with E-state index in [1.807, 2.05) is 20.8 Å². The molecule has 0 radical (unpaired) electrons. The van der Waals surface area contributed by atoms with Gasteiger partial charge in [-0.1, -0.05) is 20.3 Å². The van der Waals surface area contributed by atoms with Crippen molar-refractivity contribution >= 4 is 17.8 Å². The van der Waals surface area contributed by atoms with Crippen molar-refractivity contribution in [1.82, 2.24) is 10.2 Å². The van der Waals surface area contributed by atoms with E-state index < -0.39 is 41.6 Å². The highest BCUT2D eigenvalue weighted by molar-refractivity contribution is 5.98. The third-order valence-corrected chi connectivity index (χ3v) is 6.73. The first-order valence-corrected chi connectivity index (χ1v) is 10.9. The molecule has 0 aromatic rings. The molecule has 3 aliphatic heterocycles. The van der Waals surface area contributed by atoms with Gasteiger partial charge in [0.05, 0.1) is 37.2 Å². The number of rotatable bonds is 9. The van der Waals surface area contributed by atoms with E-state index in [1.54, 1.807) is 6.92 Å². The SMILES string of the molecule is CCCC(C)NC(=O)C1N([C@@H](CC)CO)C(=O)[C@@H]2[C@H](C(=O)OCC)[C@@H]3CCC12O3. The van der Waals surface area contributed by atoms with Crippen molar-refractivity contribution in [3.63, 3.8) is 0 Å². The molecule has 2 bridgehead atoms. The van der Waals surface area contributed by atoms with Gasteiger partial charge in [0.1, 0.15) is 11.6 Å².